The SMILES string of the molecule is Cc1nc(C)c(CC(=O)OCc2ccc3c(c2)nc2n3CCCC2)s1. The van der Waals surface area contributed by atoms with Gasteiger partial charge in [0.1, 0.15) is 12.4 Å². The molecule has 0 spiro atoms. The summed E-state index contributed by atoms with van der Waals surface area (Å²) in [7, 11) is 0. The lowest BCUT2D eigenvalue weighted by Gasteiger charge is -2.13. The molecule has 0 bridgehead atoms. The molecule has 130 valence electrons. The summed E-state index contributed by atoms with van der Waals surface area (Å²) in [4.78, 5) is 22.2. The van der Waals surface area contributed by atoms with Gasteiger partial charge >= 0.3 is 5.97 Å². The number of benzene rings is 1. The quantitative estimate of drug-likeness (QED) is 0.669. The van der Waals surface area contributed by atoms with E-state index >= 15 is 0 Å². The number of carbonyl (C=O) groups excluding carboxylic acids is 1. The van der Waals surface area contributed by atoms with Crippen molar-refractivity contribution in [3.63, 3.8) is 0 Å². The lowest BCUT2D eigenvalue weighted by atomic mass is 10.1. The summed E-state index contributed by atoms with van der Waals surface area (Å²) in [6.07, 6.45) is 3.77. The molecule has 0 unspecified atom stereocenters. The molecule has 0 radical (unpaired) electrons. The highest BCUT2D eigenvalue weighted by Gasteiger charge is 2.15. The highest BCUT2D eigenvalue weighted by Crippen LogP contribution is 2.23. The number of nitrogens with zero attached hydrogens (tertiary/aromatic N) is 3. The number of fused-ring (bicyclic) bond motifs is 3. The van der Waals surface area contributed by atoms with Crippen molar-refractivity contribution in [3.8, 4) is 0 Å². The average molecular weight is 355 g/mol. The van der Waals surface area contributed by atoms with Gasteiger partial charge in [-0.15, -0.1) is 11.3 Å². The van der Waals surface area contributed by atoms with Crippen LogP contribution in [-0.4, -0.2) is 20.5 Å². The van der Waals surface area contributed by atoms with Crippen molar-refractivity contribution in [1.29, 1.82) is 0 Å². The number of rotatable bonds is 4. The fourth-order valence-electron chi connectivity index (χ4n) is 3.39. The second kappa shape index (κ2) is 6.59. The minimum atomic E-state index is -0.212. The molecule has 5 nitrogen and oxygen atoms in total. The molecule has 0 saturated heterocycles. The van der Waals surface area contributed by atoms with Crippen LogP contribution in [0, 0.1) is 13.8 Å². The van der Waals surface area contributed by atoms with E-state index in [1.54, 1.807) is 11.3 Å². The van der Waals surface area contributed by atoms with E-state index in [-0.39, 0.29) is 12.6 Å². The van der Waals surface area contributed by atoms with Gasteiger partial charge in [0.15, 0.2) is 0 Å². The van der Waals surface area contributed by atoms with Crippen molar-refractivity contribution in [1.82, 2.24) is 14.5 Å². The fraction of sp³-hybridized carbons (Fsp3) is 0.421. The lowest BCUT2D eigenvalue weighted by molar-refractivity contribution is -0.144. The fourth-order valence-corrected chi connectivity index (χ4v) is 4.31. The number of esters is 1. The Bertz CT molecular complexity index is 942. The minimum Gasteiger partial charge on any atom is -0.461 e. The summed E-state index contributed by atoms with van der Waals surface area (Å²) < 4.78 is 7.76. The summed E-state index contributed by atoms with van der Waals surface area (Å²) in [5, 5.41) is 0.981. The molecule has 4 rings (SSSR count). The summed E-state index contributed by atoms with van der Waals surface area (Å²) in [5.41, 5.74) is 4.08. The molecular formula is C19H21N3O2S. The number of hydrogen-bond donors (Lipinski definition) is 0. The zero-order valence-corrected chi connectivity index (χ0v) is 15.4. The van der Waals surface area contributed by atoms with Crippen molar-refractivity contribution >= 4 is 28.3 Å². The Morgan fingerprint density at radius 3 is 2.96 bits per heavy atom. The first kappa shape index (κ1) is 16.3. The van der Waals surface area contributed by atoms with Crippen LogP contribution in [0.5, 0.6) is 0 Å². The maximum absolute atomic E-state index is 12.1. The van der Waals surface area contributed by atoms with Crippen LogP contribution in [-0.2, 0) is 35.5 Å². The van der Waals surface area contributed by atoms with E-state index < -0.39 is 0 Å². The van der Waals surface area contributed by atoms with Crippen LogP contribution in [0.25, 0.3) is 11.0 Å². The highest BCUT2D eigenvalue weighted by molar-refractivity contribution is 7.11. The van der Waals surface area contributed by atoms with Crippen molar-refractivity contribution in [2.75, 3.05) is 0 Å². The van der Waals surface area contributed by atoms with E-state index in [1.165, 1.54) is 24.2 Å². The molecule has 1 aliphatic rings. The Morgan fingerprint density at radius 1 is 1.28 bits per heavy atom. The number of carbonyl (C=O) groups is 1. The van der Waals surface area contributed by atoms with Gasteiger partial charge in [0.25, 0.3) is 0 Å². The third-order valence-corrected chi connectivity index (χ3v) is 5.70. The topological polar surface area (TPSA) is 57.0 Å². The van der Waals surface area contributed by atoms with Gasteiger partial charge in [-0.25, -0.2) is 9.97 Å². The van der Waals surface area contributed by atoms with Gasteiger partial charge in [-0.05, 0) is 44.4 Å². The van der Waals surface area contributed by atoms with E-state index in [0.29, 0.717) is 6.42 Å². The molecule has 0 fully saturated rings. The number of thiazole rings is 1. The maximum Gasteiger partial charge on any atom is 0.311 e. The number of ether oxygens (including phenoxy) is 1. The molecule has 6 heteroatoms. The Morgan fingerprint density at radius 2 is 2.16 bits per heavy atom. The Kier molecular flexibility index (Phi) is 4.29. The zero-order chi connectivity index (χ0) is 17.4. The van der Waals surface area contributed by atoms with Gasteiger partial charge in [0, 0.05) is 17.8 Å². The summed E-state index contributed by atoms with van der Waals surface area (Å²) in [6, 6.07) is 6.16. The summed E-state index contributed by atoms with van der Waals surface area (Å²) in [5.74, 6) is 0.961. The monoisotopic (exact) mass is 355 g/mol. The normalized spacial score (nSPS) is 13.8. The molecule has 3 aromatic rings. The number of imidazole rings is 1. The van der Waals surface area contributed by atoms with Crippen molar-refractivity contribution in [2.45, 2.75) is 52.7 Å². The first-order valence-electron chi connectivity index (χ1n) is 8.67. The third-order valence-electron chi connectivity index (χ3n) is 4.63. The van der Waals surface area contributed by atoms with E-state index in [9.17, 15) is 4.79 Å². The first-order chi connectivity index (χ1) is 12.1. The van der Waals surface area contributed by atoms with Crippen LogP contribution in [0.1, 0.15) is 39.8 Å². The van der Waals surface area contributed by atoms with E-state index in [4.69, 9.17) is 9.72 Å². The number of aromatic nitrogens is 3. The molecule has 1 aliphatic heterocycles. The molecule has 0 N–H and O–H groups in total. The predicted octanol–water partition coefficient (Wildman–Crippen LogP) is 3.73. The maximum atomic E-state index is 12.1. The Hall–Kier alpha value is -2.21. The second-order valence-corrected chi connectivity index (χ2v) is 7.83. The molecule has 0 atom stereocenters. The second-order valence-electron chi connectivity index (χ2n) is 6.54. The van der Waals surface area contributed by atoms with E-state index in [1.807, 2.05) is 26.0 Å². The summed E-state index contributed by atoms with van der Waals surface area (Å²) in [6.45, 7) is 5.22. The predicted molar refractivity (Wildman–Crippen MR) is 97.8 cm³/mol. The number of aryl methyl sites for hydroxylation is 4. The van der Waals surface area contributed by atoms with Gasteiger partial charge in [-0.3, -0.25) is 4.79 Å². The Balaban J connectivity index is 1.44. The van der Waals surface area contributed by atoms with Gasteiger partial charge in [-0.1, -0.05) is 6.07 Å². The van der Waals surface area contributed by atoms with Gasteiger partial charge < -0.3 is 9.30 Å². The molecular weight excluding hydrogens is 334 g/mol. The smallest absolute Gasteiger partial charge is 0.311 e. The van der Waals surface area contributed by atoms with Crippen LogP contribution < -0.4 is 0 Å². The van der Waals surface area contributed by atoms with E-state index in [2.05, 4.69) is 15.6 Å². The van der Waals surface area contributed by atoms with Gasteiger partial charge in [0.2, 0.25) is 0 Å². The molecule has 0 amide bonds. The molecule has 1 aromatic carbocycles. The molecule has 3 heterocycles. The lowest BCUT2D eigenvalue weighted by Crippen LogP contribution is -2.10. The third kappa shape index (κ3) is 3.31. The Labute approximate surface area is 150 Å². The molecule has 25 heavy (non-hydrogen) atoms. The molecule has 2 aromatic heterocycles. The van der Waals surface area contributed by atoms with Crippen molar-refractivity contribution < 1.29 is 9.53 Å². The zero-order valence-electron chi connectivity index (χ0n) is 14.5. The van der Waals surface area contributed by atoms with Gasteiger partial charge in [0.05, 0.1) is 28.2 Å². The van der Waals surface area contributed by atoms with Crippen molar-refractivity contribution in [2.24, 2.45) is 0 Å². The van der Waals surface area contributed by atoms with Crippen LogP contribution in [0.3, 0.4) is 0 Å². The van der Waals surface area contributed by atoms with E-state index in [0.717, 1.165) is 39.6 Å². The van der Waals surface area contributed by atoms with Crippen molar-refractivity contribution in [3.05, 3.63) is 45.2 Å². The van der Waals surface area contributed by atoms with Crippen LogP contribution in [0.15, 0.2) is 18.2 Å². The summed E-state index contributed by atoms with van der Waals surface area (Å²) >= 11 is 1.56. The largest absolute Gasteiger partial charge is 0.461 e. The van der Waals surface area contributed by atoms with Crippen LogP contribution in [0.2, 0.25) is 0 Å². The van der Waals surface area contributed by atoms with Gasteiger partial charge in [-0.2, -0.15) is 0 Å². The number of hydrogen-bond acceptors (Lipinski definition) is 5. The van der Waals surface area contributed by atoms with Crippen LogP contribution in [0.4, 0.5) is 0 Å². The first-order valence-corrected chi connectivity index (χ1v) is 9.48. The molecule has 0 aliphatic carbocycles. The minimum absolute atomic E-state index is 0.212. The van der Waals surface area contributed by atoms with Crippen LogP contribution >= 0.6 is 11.3 Å². The highest BCUT2D eigenvalue weighted by atomic mass is 32.1. The average Bonchev–Trinajstić information content (AvgIpc) is 3.11. The standard InChI is InChI=1S/C19H21N3O2S/c1-12-17(25-13(2)20-12)10-19(23)24-11-14-6-7-16-15(9-14)21-18-5-3-4-8-22(16)18/h6-7,9H,3-5,8,10-11H2,1-2H3. The molecule has 0 saturated carbocycles.